The lowest BCUT2D eigenvalue weighted by Gasteiger charge is -2.37. The number of hydrogen-bond acceptors (Lipinski definition) is 6. The first-order valence-electron chi connectivity index (χ1n) is 8.90. The fraction of sp³-hybridized carbons (Fsp3) is 0.421. The van der Waals surface area contributed by atoms with Crippen molar-refractivity contribution < 1.29 is 9.90 Å². The van der Waals surface area contributed by atoms with E-state index in [2.05, 4.69) is 25.1 Å². The molecule has 1 aliphatic rings. The maximum atomic E-state index is 12.7. The number of piperazine rings is 1. The summed E-state index contributed by atoms with van der Waals surface area (Å²) < 4.78 is 0. The summed E-state index contributed by atoms with van der Waals surface area (Å²) in [6.07, 6.45) is 2.85. The van der Waals surface area contributed by atoms with E-state index in [9.17, 15) is 9.90 Å². The molecule has 138 valence electrons. The highest BCUT2D eigenvalue weighted by Gasteiger charge is 2.27. The van der Waals surface area contributed by atoms with Crippen molar-refractivity contribution in [1.29, 1.82) is 0 Å². The second kappa shape index (κ2) is 8.25. The summed E-state index contributed by atoms with van der Waals surface area (Å²) in [5.41, 5.74) is 1.38. The topological polar surface area (TPSA) is 81.6 Å². The highest BCUT2D eigenvalue weighted by molar-refractivity contribution is 5.95. The molecule has 1 aromatic heterocycles. The number of anilines is 2. The third kappa shape index (κ3) is 4.17. The van der Waals surface area contributed by atoms with Crippen LogP contribution >= 0.6 is 0 Å². The van der Waals surface area contributed by atoms with Crippen LogP contribution in [0.1, 0.15) is 25.5 Å². The molecule has 0 bridgehead atoms. The second-order valence-electron chi connectivity index (χ2n) is 6.50. The van der Waals surface area contributed by atoms with Gasteiger partial charge in [-0.1, -0.05) is 18.2 Å². The standard InChI is InChI=1S/C19H25N5O2/c1-14(18(26)22-17-7-4-3-6-16(17)15(2)25)23-10-12-24(13-11-23)19-20-8-5-9-21-19/h3-9,14-15,25H,10-13H2,1-2H3,(H,22,26). The van der Waals surface area contributed by atoms with E-state index < -0.39 is 6.10 Å². The number of rotatable bonds is 5. The fourth-order valence-corrected chi connectivity index (χ4v) is 3.14. The van der Waals surface area contributed by atoms with Crippen LogP contribution in [0, 0.1) is 0 Å². The third-order valence-corrected chi connectivity index (χ3v) is 4.75. The number of carbonyl (C=O) groups excluding carboxylic acids is 1. The lowest BCUT2D eigenvalue weighted by Crippen LogP contribution is -2.53. The highest BCUT2D eigenvalue weighted by atomic mass is 16.3. The van der Waals surface area contributed by atoms with Gasteiger partial charge in [-0.3, -0.25) is 9.69 Å². The number of aromatic nitrogens is 2. The van der Waals surface area contributed by atoms with E-state index in [0.717, 1.165) is 37.7 Å². The van der Waals surface area contributed by atoms with Crippen molar-refractivity contribution in [2.24, 2.45) is 0 Å². The number of para-hydroxylation sites is 1. The Kier molecular flexibility index (Phi) is 5.80. The zero-order chi connectivity index (χ0) is 18.5. The molecule has 1 amide bonds. The molecule has 1 fully saturated rings. The Hall–Kier alpha value is -2.51. The molecule has 2 heterocycles. The smallest absolute Gasteiger partial charge is 0.241 e. The molecule has 0 saturated carbocycles. The monoisotopic (exact) mass is 355 g/mol. The molecule has 0 radical (unpaired) electrons. The number of amides is 1. The number of nitrogens with zero attached hydrogens (tertiary/aromatic N) is 4. The number of hydrogen-bond donors (Lipinski definition) is 2. The van der Waals surface area contributed by atoms with Gasteiger partial charge in [-0.15, -0.1) is 0 Å². The normalized spacial score (nSPS) is 17.6. The summed E-state index contributed by atoms with van der Waals surface area (Å²) >= 11 is 0. The van der Waals surface area contributed by atoms with E-state index in [4.69, 9.17) is 0 Å². The van der Waals surface area contributed by atoms with Gasteiger partial charge < -0.3 is 15.3 Å². The van der Waals surface area contributed by atoms with Crippen molar-refractivity contribution in [1.82, 2.24) is 14.9 Å². The quantitative estimate of drug-likeness (QED) is 0.849. The predicted molar refractivity (Wildman–Crippen MR) is 101 cm³/mol. The van der Waals surface area contributed by atoms with Crippen LogP contribution in [0.25, 0.3) is 0 Å². The van der Waals surface area contributed by atoms with Crippen LogP contribution in [0.5, 0.6) is 0 Å². The minimum Gasteiger partial charge on any atom is -0.389 e. The first-order chi connectivity index (χ1) is 12.6. The number of aliphatic hydroxyl groups excluding tert-OH is 1. The largest absolute Gasteiger partial charge is 0.389 e. The first kappa shape index (κ1) is 18.3. The van der Waals surface area contributed by atoms with Crippen LogP contribution in [-0.4, -0.2) is 58.1 Å². The van der Waals surface area contributed by atoms with Crippen molar-refractivity contribution in [2.45, 2.75) is 26.0 Å². The molecular formula is C19H25N5O2. The van der Waals surface area contributed by atoms with Crippen LogP contribution < -0.4 is 10.2 Å². The maximum Gasteiger partial charge on any atom is 0.241 e. The van der Waals surface area contributed by atoms with Gasteiger partial charge in [-0.25, -0.2) is 9.97 Å². The molecule has 0 aliphatic carbocycles. The molecule has 2 unspecified atom stereocenters. The van der Waals surface area contributed by atoms with Crippen molar-refractivity contribution in [2.75, 3.05) is 36.4 Å². The van der Waals surface area contributed by atoms with Crippen molar-refractivity contribution in [3.63, 3.8) is 0 Å². The Morgan fingerprint density at radius 3 is 2.38 bits per heavy atom. The van der Waals surface area contributed by atoms with Gasteiger partial charge in [-0.2, -0.15) is 0 Å². The minimum absolute atomic E-state index is 0.0671. The van der Waals surface area contributed by atoms with E-state index in [1.54, 1.807) is 25.4 Å². The van der Waals surface area contributed by atoms with E-state index in [1.165, 1.54) is 0 Å². The fourth-order valence-electron chi connectivity index (χ4n) is 3.14. The van der Waals surface area contributed by atoms with Crippen molar-refractivity contribution in [3.05, 3.63) is 48.3 Å². The van der Waals surface area contributed by atoms with E-state index in [1.807, 2.05) is 31.2 Å². The summed E-state index contributed by atoms with van der Waals surface area (Å²) in [6.45, 7) is 6.71. The van der Waals surface area contributed by atoms with Gasteiger partial charge in [0, 0.05) is 49.8 Å². The third-order valence-electron chi connectivity index (χ3n) is 4.75. The van der Waals surface area contributed by atoms with Gasteiger partial charge in [-0.05, 0) is 26.0 Å². The number of carbonyl (C=O) groups is 1. The second-order valence-corrected chi connectivity index (χ2v) is 6.50. The molecule has 7 heteroatoms. The van der Waals surface area contributed by atoms with Crippen molar-refractivity contribution in [3.8, 4) is 0 Å². The van der Waals surface area contributed by atoms with Gasteiger partial charge in [0.2, 0.25) is 11.9 Å². The molecule has 2 atom stereocenters. The minimum atomic E-state index is -0.628. The molecule has 7 nitrogen and oxygen atoms in total. The molecule has 0 spiro atoms. The number of aliphatic hydroxyl groups is 1. The Balaban J connectivity index is 1.58. The Bertz CT molecular complexity index is 730. The average Bonchev–Trinajstić information content (AvgIpc) is 2.68. The van der Waals surface area contributed by atoms with Crippen molar-refractivity contribution >= 4 is 17.5 Å². The summed E-state index contributed by atoms with van der Waals surface area (Å²) in [5.74, 6) is 0.664. The highest BCUT2D eigenvalue weighted by Crippen LogP contribution is 2.23. The maximum absolute atomic E-state index is 12.7. The van der Waals surface area contributed by atoms with Gasteiger partial charge >= 0.3 is 0 Å². The Morgan fingerprint density at radius 2 is 1.73 bits per heavy atom. The summed E-state index contributed by atoms with van der Waals surface area (Å²) in [4.78, 5) is 25.5. The first-order valence-corrected chi connectivity index (χ1v) is 8.90. The molecule has 2 N–H and O–H groups in total. The average molecular weight is 355 g/mol. The van der Waals surface area contributed by atoms with Crippen LogP contribution in [0.4, 0.5) is 11.6 Å². The zero-order valence-electron chi connectivity index (χ0n) is 15.2. The summed E-state index contributed by atoms with van der Waals surface area (Å²) in [6, 6.07) is 8.89. The molecule has 1 aliphatic heterocycles. The van der Waals surface area contributed by atoms with E-state index in [-0.39, 0.29) is 11.9 Å². The molecule has 3 rings (SSSR count). The van der Waals surface area contributed by atoms with E-state index >= 15 is 0 Å². The van der Waals surface area contributed by atoms with Crippen LogP contribution in [0.15, 0.2) is 42.7 Å². The molecule has 26 heavy (non-hydrogen) atoms. The van der Waals surface area contributed by atoms with Gasteiger partial charge in [0.1, 0.15) is 0 Å². The van der Waals surface area contributed by atoms with Gasteiger partial charge in [0.05, 0.1) is 12.1 Å². The predicted octanol–water partition coefficient (Wildman–Crippen LogP) is 1.68. The Morgan fingerprint density at radius 1 is 1.08 bits per heavy atom. The van der Waals surface area contributed by atoms with Gasteiger partial charge in [0.15, 0.2) is 0 Å². The Labute approximate surface area is 153 Å². The van der Waals surface area contributed by atoms with Gasteiger partial charge in [0.25, 0.3) is 0 Å². The summed E-state index contributed by atoms with van der Waals surface area (Å²) in [5, 5.41) is 12.8. The molecule has 2 aromatic rings. The molecule has 1 saturated heterocycles. The molecule has 1 aromatic carbocycles. The molecular weight excluding hydrogens is 330 g/mol. The zero-order valence-corrected chi connectivity index (χ0v) is 15.2. The lowest BCUT2D eigenvalue weighted by atomic mass is 10.1. The van der Waals surface area contributed by atoms with Crippen LogP contribution in [0.3, 0.4) is 0 Å². The lowest BCUT2D eigenvalue weighted by molar-refractivity contribution is -0.120. The van der Waals surface area contributed by atoms with E-state index in [0.29, 0.717) is 5.69 Å². The van der Waals surface area contributed by atoms with Crippen LogP contribution in [-0.2, 0) is 4.79 Å². The number of benzene rings is 1. The SMILES string of the molecule is CC(O)c1ccccc1NC(=O)C(C)N1CCN(c2ncccn2)CC1. The summed E-state index contributed by atoms with van der Waals surface area (Å²) in [7, 11) is 0. The number of nitrogens with one attached hydrogen (secondary N) is 1. The van der Waals surface area contributed by atoms with Crippen LogP contribution in [0.2, 0.25) is 0 Å².